The normalized spacial score (nSPS) is 13.8. The molecule has 6 nitrogen and oxygen atoms in total. The summed E-state index contributed by atoms with van der Waals surface area (Å²) in [6.45, 7) is 5.89. The Morgan fingerprint density at radius 2 is 1.79 bits per heavy atom. The first-order chi connectivity index (χ1) is 13.0. The molecule has 0 spiro atoms. The molecule has 0 bridgehead atoms. The maximum absolute atomic E-state index is 12.3. The van der Waals surface area contributed by atoms with Gasteiger partial charge in [-0.3, -0.25) is 4.99 Å². The molecule has 1 aromatic carbocycles. The van der Waals surface area contributed by atoms with Gasteiger partial charge >= 0.3 is 6.18 Å². The van der Waals surface area contributed by atoms with Crippen LogP contribution in [0.1, 0.15) is 26.3 Å². The van der Waals surface area contributed by atoms with Crippen LogP contribution in [0.4, 0.5) is 13.2 Å². The lowest BCUT2D eigenvalue weighted by Crippen LogP contribution is -2.45. The van der Waals surface area contributed by atoms with Crippen molar-refractivity contribution in [3.8, 4) is 11.5 Å². The minimum Gasteiger partial charge on any atom is -0.493 e. The van der Waals surface area contributed by atoms with Crippen LogP contribution in [-0.2, 0) is 11.3 Å². The quantitative estimate of drug-likeness (QED) is 0.513. The smallest absolute Gasteiger partial charge is 0.422 e. The van der Waals surface area contributed by atoms with Crippen molar-refractivity contribution in [2.45, 2.75) is 39.6 Å². The molecule has 0 saturated carbocycles. The Labute approximate surface area is 164 Å². The number of halogens is 3. The molecule has 0 radical (unpaired) electrons. The molecule has 1 unspecified atom stereocenters. The third kappa shape index (κ3) is 8.24. The van der Waals surface area contributed by atoms with Gasteiger partial charge in [0.05, 0.1) is 13.2 Å². The van der Waals surface area contributed by atoms with E-state index in [0.717, 1.165) is 5.56 Å². The molecular weight excluding hydrogens is 375 g/mol. The number of nitrogens with zero attached hydrogens (tertiary/aromatic N) is 1. The highest BCUT2D eigenvalue weighted by Gasteiger charge is 2.29. The van der Waals surface area contributed by atoms with Crippen LogP contribution in [0.15, 0.2) is 23.2 Å². The van der Waals surface area contributed by atoms with E-state index in [1.807, 2.05) is 0 Å². The minimum absolute atomic E-state index is 0.00351. The van der Waals surface area contributed by atoms with Gasteiger partial charge in [0, 0.05) is 27.2 Å². The molecular formula is C19H30F3N3O3. The lowest BCUT2D eigenvalue weighted by Gasteiger charge is -2.30. The number of guanidine groups is 1. The number of ether oxygens (including phenoxy) is 3. The fraction of sp³-hybridized carbons (Fsp3) is 0.632. The first-order valence-corrected chi connectivity index (χ1v) is 8.84. The Morgan fingerprint density at radius 1 is 1.11 bits per heavy atom. The minimum atomic E-state index is -4.41. The van der Waals surface area contributed by atoms with E-state index in [2.05, 4.69) is 36.4 Å². The Hall–Kier alpha value is -2.16. The molecule has 160 valence electrons. The van der Waals surface area contributed by atoms with Gasteiger partial charge < -0.3 is 24.8 Å². The number of nitrogens with one attached hydrogen (secondary N) is 2. The topological polar surface area (TPSA) is 64.1 Å². The molecule has 1 atom stereocenters. The second kappa shape index (κ2) is 10.4. The van der Waals surface area contributed by atoms with Crippen LogP contribution >= 0.6 is 0 Å². The molecule has 9 heteroatoms. The van der Waals surface area contributed by atoms with Gasteiger partial charge in [0.1, 0.15) is 0 Å². The Balaban J connectivity index is 2.67. The number of hydrogen-bond acceptors (Lipinski definition) is 4. The average Bonchev–Trinajstić information content (AvgIpc) is 2.61. The molecule has 28 heavy (non-hydrogen) atoms. The van der Waals surface area contributed by atoms with Crippen LogP contribution in [0.5, 0.6) is 11.5 Å². The van der Waals surface area contributed by atoms with E-state index in [1.54, 1.807) is 26.3 Å². The van der Waals surface area contributed by atoms with E-state index in [-0.39, 0.29) is 23.0 Å². The summed E-state index contributed by atoms with van der Waals surface area (Å²) in [5.74, 6) is 0.862. The van der Waals surface area contributed by atoms with Gasteiger partial charge in [-0.1, -0.05) is 26.8 Å². The zero-order valence-corrected chi connectivity index (χ0v) is 17.2. The van der Waals surface area contributed by atoms with Gasteiger partial charge in [-0.2, -0.15) is 13.2 Å². The standard InChI is InChI=1S/C19H30F3N3O3/c1-18(2,3)16(27-6)11-25-17(23-4)24-10-13-7-8-14(15(9-13)26-5)28-12-19(20,21)22/h7-9,16H,10-12H2,1-6H3,(H2,23,24,25). The van der Waals surface area contributed by atoms with Gasteiger partial charge in [-0.25, -0.2) is 0 Å². The van der Waals surface area contributed by atoms with E-state index in [9.17, 15) is 13.2 Å². The van der Waals surface area contributed by atoms with Crippen molar-refractivity contribution in [3.05, 3.63) is 23.8 Å². The van der Waals surface area contributed by atoms with Crippen molar-refractivity contribution < 1.29 is 27.4 Å². The second-order valence-electron chi connectivity index (χ2n) is 7.29. The lowest BCUT2D eigenvalue weighted by molar-refractivity contribution is -0.153. The number of hydrogen-bond donors (Lipinski definition) is 2. The highest BCUT2D eigenvalue weighted by molar-refractivity contribution is 5.79. The number of benzene rings is 1. The van der Waals surface area contributed by atoms with Gasteiger partial charge in [-0.15, -0.1) is 0 Å². The molecule has 1 rings (SSSR count). The molecule has 0 heterocycles. The van der Waals surface area contributed by atoms with Crippen LogP contribution in [0.25, 0.3) is 0 Å². The fourth-order valence-corrected chi connectivity index (χ4v) is 2.44. The van der Waals surface area contributed by atoms with Crippen LogP contribution < -0.4 is 20.1 Å². The highest BCUT2D eigenvalue weighted by Crippen LogP contribution is 2.29. The summed E-state index contributed by atoms with van der Waals surface area (Å²) in [6.07, 6.45) is -4.41. The number of aliphatic imine (C=N–C) groups is 1. The average molecular weight is 405 g/mol. The highest BCUT2D eigenvalue weighted by atomic mass is 19.4. The maximum Gasteiger partial charge on any atom is 0.422 e. The van der Waals surface area contributed by atoms with Crippen LogP contribution in [0.3, 0.4) is 0 Å². The second-order valence-corrected chi connectivity index (χ2v) is 7.29. The number of methoxy groups -OCH3 is 2. The van der Waals surface area contributed by atoms with Gasteiger partial charge in [0.15, 0.2) is 24.1 Å². The van der Waals surface area contributed by atoms with Crippen molar-refractivity contribution in [3.63, 3.8) is 0 Å². The summed E-state index contributed by atoms with van der Waals surface area (Å²) in [4.78, 5) is 4.17. The summed E-state index contributed by atoms with van der Waals surface area (Å²) in [5, 5.41) is 6.36. The summed E-state index contributed by atoms with van der Waals surface area (Å²) in [7, 11) is 4.70. The van der Waals surface area contributed by atoms with Crippen molar-refractivity contribution in [1.82, 2.24) is 10.6 Å². The molecule has 0 aliphatic heterocycles. The first-order valence-electron chi connectivity index (χ1n) is 8.84. The summed E-state index contributed by atoms with van der Waals surface area (Å²) in [6, 6.07) is 4.75. The van der Waals surface area contributed by atoms with Crippen molar-refractivity contribution >= 4 is 5.96 Å². The third-order valence-electron chi connectivity index (χ3n) is 4.01. The molecule has 0 aliphatic carbocycles. The SMILES string of the molecule is CN=C(NCc1ccc(OCC(F)(F)F)c(OC)c1)NCC(OC)C(C)(C)C. The molecule has 0 aliphatic rings. The summed E-state index contributed by atoms with van der Waals surface area (Å²) < 4.78 is 52.4. The van der Waals surface area contributed by atoms with Crippen LogP contribution in [0.2, 0.25) is 0 Å². The van der Waals surface area contributed by atoms with E-state index in [0.29, 0.717) is 19.0 Å². The first kappa shape index (κ1) is 23.9. The summed E-state index contributed by atoms with van der Waals surface area (Å²) in [5.41, 5.74) is 0.776. The Bertz CT molecular complexity index is 644. The van der Waals surface area contributed by atoms with Crippen LogP contribution in [0, 0.1) is 5.41 Å². The predicted molar refractivity (Wildman–Crippen MR) is 103 cm³/mol. The van der Waals surface area contributed by atoms with Crippen molar-refractivity contribution in [2.75, 3.05) is 34.4 Å². The van der Waals surface area contributed by atoms with E-state index in [4.69, 9.17) is 14.2 Å². The molecule has 0 fully saturated rings. The maximum atomic E-state index is 12.3. The monoisotopic (exact) mass is 405 g/mol. The number of alkyl halides is 3. The summed E-state index contributed by atoms with van der Waals surface area (Å²) >= 11 is 0. The van der Waals surface area contributed by atoms with Crippen molar-refractivity contribution in [2.24, 2.45) is 10.4 Å². The largest absolute Gasteiger partial charge is 0.493 e. The Kier molecular flexibility index (Phi) is 8.87. The molecule has 0 aromatic heterocycles. The van der Waals surface area contributed by atoms with Crippen LogP contribution in [-0.4, -0.2) is 52.7 Å². The fourth-order valence-electron chi connectivity index (χ4n) is 2.44. The van der Waals surface area contributed by atoms with Gasteiger partial charge in [0.25, 0.3) is 0 Å². The third-order valence-corrected chi connectivity index (χ3v) is 4.01. The van der Waals surface area contributed by atoms with Gasteiger partial charge in [0.2, 0.25) is 0 Å². The molecule has 2 N–H and O–H groups in total. The molecule has 1 aromatic rings. The predicted octanol–water partition coefficient (Wildman–Crippen LogP) is 3.36. The van der Waals surface area contributed by atoms with Gasteiger partial charge in [-0.05, 0) is 23.1 Å². The zero-order chi connectivity index (χ0) is 21.4. The van der Waals surface area contributed by atoms with Crippen molar-refractivity contribution in [1.29, 1.82) is 0 Å². The lowest BCUT2D eigenvalue weighted by atomic mass is 9.89. The molecule has 0 amide bonds. The number of rotatable bonds is 8. The Morgan fingerprint density at radius 3 is 2.29 bits per heavy atom. The zero-order valence-electron chi connectivity index (χ0n) is 17.2. The van der Waals surface area contributed by atoms with E-state index in [1.165, 1.54) is 13.2 Å². The van der Waals surface area contributed by atoms with E-state index < -0.39 is 12.8 Å². The molecule has 0 saturated heterocycles. The van der Waals surface area contributed by atoms with E-state index >= 15 is 0 Å².